The monoisotopic (exact) mass is 277 g/mol. The van der Waals surface area contributed by atoms with Gasteiger partial charge in [0.1, 0.15) is 5.54 Å². The predicted molar refractivity (Wildman–Crippen MR) is 60.6 cm³/mol. The fraction of sp³-hybridized carbons (Fsp3) is 0.444. The Kier molecular flexibility index (Phi) is 3.69. The van der Waals surface area contributed by atoms with Gasteiger partial charge in [-0.3, -0.25) is 10.1 Å². The van der Waals surface area contributed by atoms with Crippen LogP contribution in [-0.4, -0.2) is 16.6 Å². The molecule has 1 heterocycles. The topological polar surface area (TPSA) is 49.3 Å². The summed E-state index contributed by atoms with van der Waals surface area (Å²) in [4.78, 5) is 11.9. The van der Waals surface area contributed by atoms with E-state index in [9.17, 15) is 4.79 Å². The number of aliphatic carboxylic acids is 1. The number of carboxylic acid groups (broad SMARTS) is 1. The molecule has 2 N–H and O–H groups in total. The van der Waals surface area contributed by atoms with Crippen LogP contribution in [0.4, 0.5) is 0 Å². The van der Waals surface area contributed by atoms with E-state index in [2.05, 4.69) is 21.2 Å². The van der Waals surface area contributed by atoms with E-state index >= 15 is 0 Å². The Labute approximate surface area is 95.3 Å². The lowest BCUT2D eigenvalue weighted by atomic mass is 10.1. The van der Waals surface area contributed by atoms with Crippen molar-refractivity contribution >= 4 is 33.2 Å². The van der Waals surface area contributed by atoms with Gasteiger partial charge in [-0.05, 0) is 35.8 Å². The second kappa shape index (κ2) is 4.42. The third kappa shape index (κ3) is 3.08. The van der Waals surface area contributed by atoms with Crippen LogP contribution in [0.3, 0.4) is 0 Å². The maximum Gasteiger partial charge on any atom is 0.323 e. The van der Waals surface area contributed by atoms with Gasteiger partial charge in [-0.1, -0.05) is 0 Å². The lowest BCUT2D eigenvalue weighted by Gasteiger charge is -2.20. The average Bonchev–Trinajstić information content (AvgIpc) is 2.48. The second-order valence-corrected chi connectivity index (χ2v) is 5.43. The smallest absolute Gasteiger partial charge is 0.323 e. The van der Waals surface area contributed by atoms with E-state index in [1.165, 1.54) is 0 Å². The van der Waals surface area contributed by atoms with Crippen LogP contribution < -0.4 is 5.32 Å². The van der Waals surface area contributed by atoms with Crippen LogP contribution in [0, 0.1) is 0 Å². The van der Waals surface area contributed by atoms with Crippen molar-refractivity contribution in [3.63, 3.8) is 0 Å². The van der Waals surface area contributed by atoms with Gasteiger partial charge >= 0.3 is 5.97 Å². The minimum atomic E-state index is -0.879. The van der Waals surface area contributed by atoms with Crippen molar-refractivity contribution in [1.29, 1.82) is 0 Å². The van der Waals surface area contributed by atoms with E-state index in [1.807, 2.05) is 11.4 Å². The number of hydrogen-bond donors (Lipinski definition) is 2. The van der Waals surface area contributed by atoms with Crippen molar-refractivity contribution in [3.05, 3.63) is 20.8 Å². The lowest BCUT2D eigenvalue weighted by Crippen LogP contribution is -2.45. The van der Waals surface area contributed by atoms with Gasteiger partial charge in [-0.2, -0.15) is 0 Å². The summed E-state index contributed by atoms with van der Waals surface area (Å²) in [6.07, 6.45) is 0. The molecule has 0 amide bonds. The van der Waals surface area contributed by atoms with E-state index in [0.717, 1.165) is 9.35 Å². The Hall–Kier alpha value is -0.390. The first kappa shape index (κ1) is 11.7. The molecule has 0 aromatic carbocycles. The Balaban J connectivity index is 2.52. The summed E-state index contributed by atoms with van der Waals surface area (Å²) >= 11 is 4.95. The third-order valence-electron chi connectivity index (χ3n) is 1.86. The zero-order chi connectivity index (χ0) is 10.8. The van der Waals surface area contributed by atoms with Crippen LogP contribution in [-0.2, 0) is 11.3 Å². The first-order valence-corrected chi connectivity index (χ1v) is 5.80. The molecule has 0 atom stereocenters. The van der Waals surface area contributed by atoms with Crippen molar-refractivity contribution in [2.24, 2.45) is 0 Å². The maximum atomic E-state index is 10.8. The largest absolute Gasteiger partial charge is 0.480 e. The molecule has 0 saturated carbocycles. The third-order valence-corrected chi connectivity index (χ3v) is 3.56. The minimum Gasteiger partial charge on any atom is -0.480 e. The zero-order valence-corrected chi connectivity index (χ0v) is 10.4. The fourth-order valence-electron chi connectivity index (χ4n) is 0.830. The molecule has 0 bridgehead atoms. The highest BCUT2D eigenvalue weighted by Gasteiger charge is 2.25. The standard InChI is InChI=1S/C9H12BrNO2S/c1-9(2,8(12)13)11-4-7-3-6(10)5-14-7/h3,5,11H,4H2,1-2H3,(H,12,13). The van der Waals surface area contributed by atoms with E-state index in [1.54, 1.807) is 25.2 Å². The Morgan fingerprint density at radius 1 is 1.71 bits per heavy atom. The number of carboxylic acids is 1. The predicted octanol–water partition coefficient (Wildman–Crippen LogP) is 2.46. The lowest BCUT2D eigenvalue weighted by molar-refractivity contribution is -0.143. The van der Waals surface area contributed by atoms with Crippen molar-refractivity contribution in [2.75, 3.05) is 0 Å². The van der Waals surface area contributed by atoms with Crippen molar-refractivity contribution in [2.45, 2.75) is 25.9 Å². The van der Waals surface area contributed by atoms with Gasteiger partial charge < -0.3 is 5.11 Å². The van der Waals surface area contributed by atoms with Gasteiger partial charge in [0.15, 0.2) is 0 Å². The SMILES string of the molecule is CC(C)(NCc1cc(Br)cs1)C(=O)O. The number of halogens is 1. The number of hydrogen-bond acceptors (Lipinski definition) is 3. The molecule has 0 spiro atoms. The summed E-state index contributed by atoms with van der Waals surface area (Å²) in [6.45, 7) is 3.88. The molecular weight excluding hydrogens is 266 g/mol. The highest BCUT2D eigenvalue weighted by atomic mass is 79.9. The van der Waals surface area contributed by atoms with Crippen LogP contribution in [0.1, 0.15) is 18.7 Å². The number of carbonyl (C=O) groups is 1. The average molecular weight is 278 g/mol. The molecule has 0 unspecified atom stereocenters. The maximum absolute atomic E-state index is 10.8. The summed E-state index contributed by atoms with van der Waals surface area (Å²) in [5.41, 5.74) is -0.879. The molecule has 0 saturated heterocycles. The first-order valence-electron chi connectivity index (χ1n) is 4.13. The van der Waals surface area contributed by atoms with Crippen molar-refractivity contribution in [3.8, 4) is 0 Å². The van der Waals surface area contributed by atoms with Gasteiger partial charge in [0, 0.05) is 21.3 Å². The molecule has 3 nitrogen and oxygen atoms in total. The second-order valence-electron chi connectivity index (χ2n) is 3.51. The van der Waals surface area contributed by atoms with Crippen LogP contribution in [0.15, 0.2) is 15.9 Å². The molecule has 1 aromatic heterocycles. The highest BCUT2D eigenvalue weighted by molar-refractivity contribution is 9.10. The van der Waals surface area contributed by atoms with Gasteiger partial charge in [0.2, 0.25) is 0 Å². The molecule has 0 radical (unpaired) electrons. The minimum absolute atomic E-state index is 0.579. The molecule has 1 aromatic rings. The molecule has 0 aliphatic rings. The van der Waals surface area contributed by atoms with Gasteiger partial charge in [-0.25, -0.2) is 0 Å². The number of nitrogens with one attached hydrogen (secondary N) is 1. The van der Waals surface area contributed by atoms with Crippen molar-refractivity contribution in [1.82, 2.24) is 5.32 Å². The molecule has 0 aliphatic carbocycles. The molecule has 0 aliphatic heterocycles. The van der Waals surface area contributed by atoms with E-state index in [4.69, 9.17) is 5.11 Å². The molecule has 5 heteroatoms. The zero-order valence-electron chi connectivity index (χ0n) is 8.00. The van der Waals surface area contributed by atoms with Crippen LogP contribution in [0.2, 0.25) is 0 Å². The van der Waals surface area contributed by atoms with Gasteiger partial charge in [0.25, 0.3) is 0 Å². The fourth-order valence-corrected chi connectivity index (χ4v) is 2.22. The quantitative estimate of drug-likeness (QED) is 0.889. The first-order chi connectivity index (χ1) is 6.42. The van der Waals surface area contributed by atoms with Crippen LogP contribution in [0.5, 0.6) is 0 Å². The Morgan fingerprint density at radius 2 is 2.36 bits per heavy atom. The molecule has 78 valence electrons. The normalized spacial score (nSPS) is 11.6. The number of rotatable bonds is 4. The molecule has 14 heavy (non-hydrogen) atoms. The van der Waals surface area contributed by atoms with Crippen molar-refractivity contribution < 1.29 is 9.90 Å². The van der Waals surface area contributed by atoms with Crippen LogP contribution in [0.25, 0.3) is 0 Å². The summed E-state index contributed by atoms with van der Waals surface area (Å²) in [5.74, 6) is -0.840. The molecule has 1 rings (SSSR count). The van der Waals surface area contributed by atoms with Gasteiger partial charge in [0.05, 0.1) is 0 Å². The van der Waals surface area contributed by atoms with E-state index in [-0.39, 0.29) is 0 Å². The Morgan fingerprint density at radius 3 is 2.79 bits per heavy atom. The van der Waals surface area contributed by atoms with Gasteiger partial charge in [-0.15, -0.1) is 11.3 Å². The molecule has 0 fully saturated rings. The Bertz CT molecular complexity index is 335. The molecular formula is C9H12BrNO2S. The van der Waals surface area contributed by atoms with Crippen LogP contribution >= 0.6 is 27.3 Å². The summed E-state index contributed by atoms with van der Waals surface area (Å²) in [7, 11) is 0. The highest BCUT2D eigenvalue weighted by Crippen LogP contribution is 2.20. The van der Waals surface area contributed by atoms with E-state index in [0.29, 0.717) is 6.54 Å². The van der Waals surface area contributed by atoms with E-state index < -0.39 is 11.5 Å². The number of thiophene rings is 1. The summed E-state index contributed by atoms with van der Waals surface area (Å²) in [6, 6.07) is 1.98. The summed E-state index contributed by atoms with van der Waals surface area (Å²) < 4.78 is 1.03. The summed E-state index contributed by atoms with van der Waals surface area (Å²) in [5, 5.41) is 13.8.